The average molecular weight is 296 g/mol. The lowest BCUT2D eigenvalue weighted by atomic mass is 10.0. The molecule has 116 valence electrons. The number of nitrogens with two attached hydrogens (primary N) is 1. The van der Waals surface area contributed by atoms with E-state index in [4.69, 9.17) is 10.5 Å². The summed E-state index contributed by atoms with van der Waals surface area (Å²) in [6.45, 7) is 0. The van der Waals surface area contributed by atoms with Crippen molar-refractivity contribution in [2.24, 2.45) is 0 Å². The van der Waals surface area contributed by atoms with E-state index in [1.807, 2.05) is 24.3 Å². The standard InChI is InChI=1S/C19H24N2O/c1-21(2)16-10-7-14-5-3-4-6-18(14)19(13-16)22-17-11-8-15(20)9-12-17/h3-6,8-9,11-12,16,19H,7,10,13,20H2,1-2H3/t16-,19-/m1/s1. The van der Waals surface area contributed by atoms with Gasteiger partial charge in [-0.3, -0.25) is 0 Å². The molecule has 0 radical (unpaired) electrons. The zero-order valence-electron chi connectivity index (χ0n) is 13.3. The number of anilines is 1. The lowest BCUT2D eigenvalue weighted by Crippen LogP contribution is -2.30. The Balaban J connectivity index is 1.89. The number of rotatable bonds is 3. The van der Waals surface area contributed by atoms with Crippen molar-refractivity contribution >= 4 is 5.69 Å². The van der Waals surface area contributed by atoms with Crippen molar-refractivity contribution in [2.45, 2.75) is 31.4 Å². The van der Waals surface area contributed by atoms with Crippen molar-refractivity contribution in [1.82, 2.24) is 4.90 Å². The first kappa shape index (κ1) is 14.9. The van der Waals surface area contributed by atoms with Gasteiger partial charge in [-0.2, -0.15) is 0 Å². The highest BCUT2D eigenvalue weighted by Gasteiger charge is 2.26. The van der Waals surface area contributed by atoms with Crippen LogP contribution in [0.15, 0.2) is 48.5 Å². The van der Waals surface area contributed by atoms with Crippen LogP contribution in [0.2, 0.25) is 0 Å². The quantitative estimate of drug-likeness (QED) is 0.694. The van der Waals surface area contributed by atoms with E-state index in [1.54, 1.807) is 0 Å². The number of hydrogen-bond acceptors (Lipinski definition) is 3. The molecule has 1 aliphatic rings. The molecule has 2 aromatic rings. The third-order valence-electron chi connectivity index (χ3n) is 4.52. The number of aryl methyl sites for hydroxylation is 1. The van der Waals surface area contributed by atoms with Crippen LogP contribution < -0.4 is 10.5 Å². The number of hydrogen-bond donors (Lipinski definition) is 1. The topological polar surface area (TPSA) is 38.5 Å². The van der Waals surface area contributed by atoms with Gasteiger partial charge in [0.15, 0.2) is 0 Å². The molecule has 0 fully saturated rings. The van der Waals surface area contributed by atoms with Gasteiger partial charge in [-0.05, 0) is 62.3 Å². The van der Waals surface area contributed by atoms with Gasteiger partial charge in [0.25, 0.3) is 0 Å². The van der Waals surface area contributed by atoms with Gasteiger partial charge in [-0.25, -0.2) is 0 Å². The molecular weight excluding hydrogens is 272 g/mol. The Kier molecular flexibility index (Phi) is 4.34. The molecule has 0 aromatic heterocycles. The van der Waals surface area contributed by atoms with Crippen molar-refractivity contribution in [2.75, 3.05) is 19.8 Å². The van der Waals surface area contributed by atoms with Gasteiger partial charge in [0.1, 0.15) is 11.9 Å². The molecule has 3 heteroatoms. The molecule has 0 aliphatic heterocycles. The summed E-state index contributed by atoms with van der Waals surface area (Å²) < 4.78 is 6.31. The van der Waals surface area contributed by atoms with Gasteiger partial charge in [-0.15, -0.1) is 0 Å². The Hall–Kier alpha value is -2.00. The second-order valence-corrected chi connectivity index (χ2v) is 6.27. The van der Waals surface area contributed by atoms with Crippen LogP contribution in [-0.4, -0.2) is 25.0 Å². The van der Waals surface area contributed by atoms with Crippen LogP contribution in [0.1, 0.15) is 30.1 Å². The second-order valence-electron chi connectivity index (χ2n) is 6.27. The Morgan fingerprint density at radius 1 is 1.05 bits per heavy atom. The van der Waals surface area contributed by atoms with E-state index in [2.05, 4.69) is 43.3 Å². The van der Waals surface area contributed by atoms with E-state index in [9.17, 15) is 0 Å². The first-order valence-electron chi connectivity index (χ1n) is 7.90. The molecule has 0 bridgehead atoms. The van der Waals surface area contributed by atoms with E-state index in [0.29, 0.717) is 6.04 Å². The smallest absolute Gasteiger partial charge is 0.125 e. The molecule has 0 spiro atoms. The van der Waals surface area contributed by atoms with E-state index in [1.165, 1.54) is 17.5 Å². The SMILES string of the molecule is CN(C)[C@@H]1CCc2ccccc2[C@H](Oc2ccc(N)cc2)C1. The molecule has 0 amide bonds. The molecule has 2 atom stereocenters. The summed E-state index contributed by atoms with van der Waals surface area (Å²) >= 11 is 0. The second kappa shape index (κ2) is 6.41. The van der Waals surface area contributed by atoms with Crippen molar-refractivity contribution in [1.29, 1.82) is 0 Å². The van der Waals surface area contributed by atoms with Gasteiger partial charge in [0, 0.05) is 18.2 Å². The summed E-state index contributed by atoms with van der Waals surface area (Å²) in [5.74, 6) is 0.883. The normalized spacial score (nSPS) is 21.2. The third kappa shape index (κ3) is 3.25. The average Bonchev–Trinajstić information content (AvgIpc) is 2.70. The van der Waals surface area contributed by atoms with Crippen LogP contribution in [0.25, 0.3) is 0 Å². The first-order valence-corrected chi connectivity index (χ1v) is 7.90. The molecule has 22 heavy (non-hydrogen) atoms. The Morgan fingerprint density at radius 3 is 2.50 bits per heavy atom. The molecule has 0 heterocycles. The largest absolute Gasteiger partial charge is 0.486 e. The molecule has 2 aromatic carbocycles. The fourth-order valence-corrected chi connectivity index (χ4v) is 3.18. The van der Waals surface area contributed by atoms with E-state index in [0.717, 1.165) is 24.3 Å². The van der Waals surface area contributed by atoms with Crippen molar-refractivity contribution in [3.8, 4) is 5.75 Å². The number of fused-ring (bicyclic) bond motifs is 1. The Labute approximate surface area is 132 Å². The minimum absolute atomic E-state index is 0.0923. The van der Waals surface area contributed by atoms with Gasteiger partial charge in [0.2, 0.25) is 0 Å². The molecule has 0 saturated carbocycles. The lowest BCUT2D eigenvalue weighted by Gasteiger charge is -2.27. The number of nitrogens with zero attached hydrogens (tertiary/aromatic N) is 1. The number of nitrogen functional groups attached to an aromatic ring is 1. The van der Waals surface area contributed by atoms with Crippen LogP contribution in [0.5, 0.6) is 5.75 Å². The minimum atomic E-state index is 0.0923. The van der Waals surface area contributed by atoms with Crippen LogP contribution in [0.4, 0.5) is 5.69 Å². The third-order valence-corrected chi connectivity index (χ3v) is 4.52. The highest BCUT2D eigenvalue weighted by molar-refractivity contribution is 5.42. The number of benzene rings is 2. The van der Waals surface area contributed by atoms with Crippen LogP contribution in [-0.2, 0) is 6.42 Å². The first-order chi connectivity index (χ1) is 10.6. The summed E-state index contributed by atoms with van der Waals surface area (Å²) in [6, 6.07) is 16.9. The Bertz CT molecular complexity index is 622. The van der Waals surface area contributed by atoms with E-state index in [-0.39, 0.29) is 6.10 Å². The number of ether oxygens (including phenoxy) is 1. The zero-order valence-corrected chi connectivity index (χ0v) is 13.3. The van der Waals surface area contributed by atoms with Gasteiger partial charge in [-0.1, -0.05) is 24.3 Å². The highest BCUT2D eigenvalue weighted by Crippen LogP contribution is 2.34. The predicted octanol–water partition coefficient (Wildman–Crippen LogP) is 3.66. The molecular formula is C19H24N2O. The van der Waals surface area contributed by atoms with Crippen LogP contribution in [0, 0.1) is 0 Å². The zero-order chi connectivity index (χ0) is 15.5. The molecule has 3 nitrogen and oxygen atoms in total. The predicted molar refractivity (Wildman–Crippen MR) is 91.1 cm³/mol. The van der Waals surface area contributed by atoms with Crippen LogP contribution in [0.3, 0.4) is 0 Å². The van der Waals surface area contributed by atoms with Crippen LogP contribution >= 0.6 is 0 Å². The maximum atomic E-state index is 6.31. The van der Waals surface area contributed by atoms with E-state index < -0.39 is 0 Å². The Morgan fingerprint density at radius 2 is 1.77 bits per heavy atom. The van der Waals surface area contributed by atoms with E-state index >= 15 is 0 Å². The fraction of sp³-hybridized carbons (Fsp3) is 0.368. The van der Waals surface area contributed by atoms with Gasteiger partial charge < -0.3 is 15.4 Å². The maximum Gasteiger partial charge on any atom is 0.125 e. The molecule has 0 unspecified atom stereocenters. The summed E-state index contributed by atoms with van der Waals surface area (Å²) in [5, 5.41) is 0. The van der Waals surface area contributed by atoms with Crippen molar-refractivity contribution in [3.05, 3.63) is 59.7 Å². The van der Waals surface area contributed by atoms with Gasteiger partial charge >= 0.3 is 0 Å². The summed E-state index contributed by atoms with van der Waals surface area (Å²) in [6.07, 6.45) is 3.38. The van der Waals surface area contributed by atoms with Crippen molar-refractivity contribution < 1.29 is 4.74 Å². The molecule has 2 N–H and O–H groups in total. The molecule has 0 saturated heterocycles. The highest BCUT2D eigenvalue weighted by atomic mass is 16.5. The lowest BCUT2D eigenvalue weighted by molar-refractivity contribution is 0.147. The monoisotopic (exact) mass is 296 g/mol. The minimum Gasteiger partial charge on any atom is -0.486 e. The fourth-order valence-electron chi connectivity index (χ4n) is 3.18. The van der Waals surface area contributed by atoms with Gasteiger partial charge in [0.05, 0.1) is 0 Å². The van der Waals surface area contributed by atoms with Crippen molar-refractivity contribution in [3.63, 3.8) is 0 Å². The summed E-state index contributed by atoms with van der Waals surface area (Å²) in [7, 11) is 4.31. The molecule has 3 rings (SSSR count). The summed E-state index contributed by atoms with van der Waals surface area (Å²) in [4.78, 5) is 2.31. The summed E-state index contributed by atoms with van der Waals surface area (Å²) in [5.41, 5.74) is 9.26. The molecule has 1 aliphatic carbocycles. The maximum absolute atomic E-state index is 6.31.